The zero-order chi connectivity index (χ0) is 7.56. The average Bonchev–Trinajstić information content (AvgIpc) is 1.88. The number of rotatable bonds is 0. The SMILES string of the molecule is O=C(Cl)N1C=CC(Cl)=NC1. The number of allylic oxidation sites excluding steroid dienone is 1. The molecule has 10 heavy (non-hydrogen) atoms. The Morgan fingerprint density at radius 3 is 2.90 bits per heavy atom. The van der Waals surface area contributed by atoms with Crippen LogP contribution in [-0.4, -0.2) is 22.1 Å². The molecule has 0 aromatic heterocycles. The third kappa shape index (κ3) is 1.72. The second-order valence-corrected chi connectivity index (χ2v) is 2.37. The minimum atomic E-state index is -0.552. The maximum Gasteiger partial charge on any atom is 0.321 e. The molecule has 0 radical (unpaired) electrons. The normalized spacial score (nSPS) is 17.0. The number of carbonyl (C=O) groups is 1. The van der Waals surface area contributed by atoms with Crippen molar-refractivity contribution in [2.75, 3.05) is 6.67 Å². The lowest BCUT2D eigenvalue weighted by Gasteiger charge is -2.14. The highest BCUT2D eigenvalue weighted by molar-refractivity contribution is 6.68. The molecule has 3 nitrogen and oxygen atoms in total. The van der Waals surface area contributed by atoms with Gasteiger partial charge in [-0.05, 0) is 17.7 Å². The van der Waals surface area contributed by atoms with E-state index in [-0.39, 0.29) is 6.67 Å². The molecule has 0 fully saturated rings. The fourth-order valence-electron chi connectivity index (χ4n) is 0.509. The standard InChI is InChI=1S/C5H4Cl2N2O/c6-4-1-2-9(3-8-4)5(7)10/h1-2H,3H2. The van der Waals surface area contributed by atoms with Gasteiger partial charge in [0, 0.05) is 6.20 Å². The molecule has 0 aromatic rings. The molecular formula is C5H4Cl2N2O. The largest absolute Gasteiger partial charge is 0.321 e. The summed E-state index contributed by atoms with van der Waals surface area (Å²) in [6.45, 7) is 0.206. The first-order valence-corrected chi connectivity index (χ1v) is 3.30. The molecule has 0 aliphatic carbocycles. The molecule has 1 amide bonds. The summed E-state index contributed by atoms with van der Waals surface area (Å²) < 4.78 is 0. The lowest BCUT2D eigenvalue weighted by molar-refractivity contribution is 0.238. The van der Waals surface area contributed by atoms with Crippen molar-refractivity contribution in [2.24, 2.45) is 4.99 Å². The Kier molecular flexibility index (Phi) is 2.29. The zero-order valence-corrected chi connectivity index (χ0v) is 6.43. The Labute approximate surface area is 67.9 Å². The summed E-state index contributed by atoms with van der Waals surface area (Å²) in [5, 5.41) is -0.168. The molecule has 1 heterocycles. The van der Waals surface area contributed by atoms with E-state index in [0.29, 0.717) is 5.17 Å². The van der Waals surface area contributed by atoms with Crippen LogP contribution in [0.3, 0.4) is 0 Å². The summed E-state index contributed by atoms with van der Waals surface area (Å²) in [7, 11) is 0. The molecule has 1 aliphatic heterocycles. The fourth-order valence-corrected chi connectivity index (χ4v) is 0.729. The molecule has 0 spiro atoms. The van der Waals surface area contributed by atoms with Crippen LogP contribution in [0, 0.1) is 0 Å². The number of halogens is 2. The van der Waals surface area contributed by atoms with Crippen molar-refractivity contribution in [3.05, 3.63) is 12.3 Å². The van der Waals surface area contributed by atoms with Crippen molar-refractivity contribution in [2.45, 2.75) is 0 Å². The van der Waals surface area contributed by atoms with Crippen LogP contribution < -0.4 is 0 Å². The van der Waals surface area contributed by atoms with Crippen LogP contribution in [0.2, 0.25) is 0 Å². The summed E-state index contributed by atoms with van der Waals surface area (Å²) >= 11 is 10.6. The predicted molar refractivity (Wildman–Crippen MR) is 40.4 cm³/mol. The van der Waals surface area contributed by atoms with Gasteiger partial charge in [-0.2, -0.15) is 0 Å². The highest BCUT2D eigenvalue weighted by Gasteiger charge is 2.08. The topological polar surface area (TPSA) is 32.7 Å². The molecule has 0 atom stereocenters. The second-order valence-electron chi connectivity index (χ2n) is 1.66. The monoisotopic (exact) mass is 178 g/mol. The van der Waals surface area contributed by atoms with E-state index < -0.39 is 5.37 Å². The van der Waals surface area contributed by atoms with Gasteiger partial charge in [-0.25, -0.2) is 0 Å². The van der Waals surface area contributed by atoms with E-state index in [0.717, 1.165) is 0 Å². The van der Waals surface area contributed by atoms with Gasteiger partial charge in [-0.1, -0.05) is 11.6 Å². The van der Waals surface area contributed by atoms with Crippen LogP contribution in [0.25, 0.3) is 0 Å². The van der Waals surface area contributed by atoms with Crippen molar-refractivity contribution < 1.29 is 4.79 Å². The maximum absolute atomic E-state index is 10.4. The van der Waals surface area contributed by atoms with Gasteiger partial charge in [-0.15, -0.1) is 0 Å². The van der Waals surface area contributed by atoms with Crippen molar-refractivity contribution in [1.29, 1.82) is 0 Å². The zero-order valence-electron chi connectivity index (χ0n) is 4.92. The quantitative estimate of drug-likeness (QED) is 0.412. The number of amides is 1. The minimum Gasteiger partial charge on any atom is -0.285 e. The molecule has 54 valence electrons. The number of carbonyl (C=O) groups excluding carboxylic acids is 1. The molecule has 1 rings (SSSR count). The fraction of sp³-hybridized carbons (Fsp3) is 0.200. The molecule has 0 saturated carbocycles. The van der Waals surface area contributed by atoms with Crippen molar-refractivity contribution in [3.63, 3.8) is 0 Å². The smallest absolute Gasteiger partial charge is 0.285 e. The lowest BCUT2D eigenvalue weighted by Crippen LogP contribution is -2.22. The summed E-state index contributed by atoms with van der Waals surface area (Å²) in [4.78, 5) is 15.4. The third-order valence-electron chi connectivity index (χ3n) is 0.992. The van der Waals surface area contributed by atoms with E-state index >= 15 is 0 Å². The summed E-state index contributed by atoms with van der Waals surface area (Å²) in [5.41, 5.74) is 0. The molecule has 0 bridgehead atoms. The Balaban J connectivity index is 2.60. The van der Waals surface area contributed by atoms with Gasteiger partial charge < -0.3 is 0 Å². The highest BCUT2D eigenvalue weighted by atomic mass is 35.5. The van der Waals surface area contributed by atoms with Crippen molar-refractivity contribution >= 4 is 33.7 Å². The van der Waals surface area contributed by atoms with Gasteiger partial charge >= 0.3 is 5.37 Å². The first kappa shape index (κ1) is 7.57. The first-order chi connectivity index (χ1) is 4.70. The van der Waals surface area contributed by atoms with E-state index in [2.05, 4.69) is 4.99 Å². The predicted octanol–water partition coefficient (Wildman–Crippen LogP) is 1.77. The van der Waals surface area contributed by atoms with E-state index in [4.69, 9.17) is 23.2 Å². The van der Waals surface area contributed by atoms with Crippen molar-refractivity contribution in [1.82, 2.24) is 4.90 Å². The molecule has 0 unspecified atom stereocenters. The highest BCUT2D eigenvalue weighted by Crippen LogP contribution is 2.04. The van der Waals surface area contributed by atoms with Gasteiger partial charge in [0.05, 0.1) is 0 Å². The van der Waals surface area contributed by atoms with E-state index in [9.17, 15) is 4.79 Å². The number of nitrogens with zero attached hydrogens (tertiary/aromatic N) is 2. The average molecular weight is 179 g/mol. The minimum absolute atomic E-state index is 0.206. The van der Waals surface area contributed by atoms with Crippen LogP contribution in [-0.2, 0) is 0 Å². The maximum atomic E-state index is 10.4. The Bertz CT molecular complexity index is 212. The molecule has 1 aliphatic rings. The molecule has 0 aromatic carbocycles. The molecule has 0 N–H and O–H groups in total. The van der Waals surface area contributed by atoms with E-state index in [1.54, 1.807) is 0 Å². The molecular weight excluding hydrogens is 175 g/mol. The van der Waals surface area contributed by atoms with Crippen LogP contribution >= 0.6 is 23.2 Å². The van der Waals surface area contributed by atoms with E-state index in [1.165, 1.54) is 17.2 Å². The summed E-state index contributed by atoms with van der Waals surface area (Å²) in [5.74, 6) is 0. The Hall–Kier alpha value is -0.540. The van der Waals surface area contributed by atoms with Crippen LogP contribution in [0.4, 0.5) is 4.79 Å². The second kappa shape index (κ2) is 3.03. The first-order valence-electron chi connectivity index (χ1n) is 2.54. The number of hydrogen-bond acceptors (Lipinski definition) is 2. The number of aliphatic imine (C=N–C) groups is 1. The Morgan fingerprint density at radius 1 is 1.80 bits per heavy atom. The lowest BCUT2D eigenvalue weighted by atomic mass is 10.5. The number of hydrogen-bond donors (Lipinski definition) is 0. The van der Waals surface area contributed by atoms with Gasteiger partial charge in [-0.3, -0.25) is 14.7 Å². The van der Waals surface area contributed by atoms with Crippen LogP contribution in [0.5, 0.6) is 0 Å². The summed E-state index contributed by atoms with van der Waals surface area (Å²) in [6.07, 6.45) is 3.00. The summed E-state index contributed by atoms with van der Waals surface area (Å²) in [6, 6.07) is 0. The van der Waals surface area contributed by atoms with Crippen LogP contribution in [0.15, 0.2) is 17.3 Å². The van der Waals surface area contributed by atoms with E-state index in [1.807, 2.05) is 0 Å². The van der Waals surface area contributed by atoms with Crippen LogP contribution in [0.1, 0.15) is 0 Å². The van der Waals surface area contributed by atoms with Gasteiger partial charge in [0.1, 0.15) is 11.8 Å². The Morgan fingerprint density at radius 2 is 2.50 bits per heavy atom. The van der Waals surface area contributed by atoms with Gasteiger partial charge in [0.2, 0.25) is 0 Å². The third-order valence-corrected chi connectivity index (χ3v) is 1.45. The van der Waals surface area contributed by atoms with Gasteiger partial charge in [0.15, 0.2) is 0 Å². The molecule has 5 heteroatoms. The molecule has 0 saturated heterocycles. The van der Waals surface area contributed by atoms with Gasteiger partial charge in [0.25, 0.3) is 0 Å². The van der Waals surface area contributed by atoms with Crippen molar-refractivity contribution in [3.8, 4) is 0 Å².